The molecule has 0 aromatic heterocycles. The molecule has 0 unspecified atom stereocenters. The summed E-state index contributed by atoms with van der Waals surface area (Å²) < 4.78 is 0. The van der Waals surface area contributed by atoms with E-state index >= 15 is 0 Å². The highest BCUT2D eigenvalue weighted by molar-refractivity contribution is 4.74. The monoisotopic (exact) mass is 346 g/mol. The first-order chi connectivity index (χ1) is 11.7. The second-order valence-corrected chi connectivity index (χ2v) is 7.22. The van der Waals surface area contributed by atoms with Crippen molar-refractivity contribution in [3.8, 4) is 0 Å². The molecule has 0 aliphatic heterocycles. The first-order valence-electron chi connectivity index (χ1n) is 10.5. The Balaban J connectivity index is 0. The largest absolute Gasteiger partial charge is 0.396 e. The van der Waals surface area contributed by atoms with E-state index in [2.05, 4.69) is 13.8 Å². The molecule has 0 saturated heterocycles. The molecule has 0 rings (SSSR count). The van der Waals surface area contributed by atoms with Gasteiger partial charge in [0.1, 0.15) is 0 Å². The Labute approximate surface area is 151 Å². The van der Waals surface area contributed by atoms with E-state index in [9.17, 15) is 0 Å². The summed E-state index contributed by atoms with van der Waals surface area (Å²) in [6, 6.07) is 0. The lowest BCUT2D eigenvalue weighted by molar-refractivity contribution is 0.00304. The number of aliphatic hydroxyl groups is 3. The molecule has 0 amide bonds. The van der Waals surface area contributed by atoms with E-state index in [1.165, 1.54) is 83.5 Å². The van der Waals surface area contributed by atoms with E-state index in [0.717, 1.165) is 0 Å². The summed E-state index contributed by atoms with van der Waals surface area (Å²) in [5.41, 5.74) is -0.667. The van der Waals surface area contributed by atoms with Gasteiger partial charge in [-0.05, 0) is 6.42 Å². The van der Waals surface area contributed by atoms with Crippen LogP contribution < -0.4 is 0 Å². The number of hydrogen-bond donors (Lipinski definition) is 3. The van der Waals surface area contributed by atoms with Gasteiger partial charge in [-0.15, -0.1) is 0 Å². The van der Waals surface area contributed by atoms with Crippen LogP contribution in [-0.2, 0) is 0 Å². The third-order valence-electron chi connectivity index (χ3n) is 4.96. The van der Waals surface area contributed by atoms with Gasteiger partial charge in [-0.3, -0.25) is 0 Å². The van der Waals surface area contributed by atoms with Crippen LogP contribution in [0.5, 0.6) is 0 Å². The average molecular weight is 347 g/mol. The van der Waals surface area contributed by atoms with Gasteiger partial charge >= 0.3 is 0 Å². The number of aliphatic hydroxyl groups excluding tert-OH is 3. The van der Waals surface area contributed by atoms with Gasteiger partial charge in [-0.25, -0.2) is 0 Å². The van der Waals surface area contributed by atoms with Crippen molar-refractivity contribution in [2.45, 2.75) is 111 Å². The van der Waals surface area contributed by atoms with Crippen molar-refractivity contribution in [3.05, 3.63) is 0 Å². The van der Waals surface area contributed by atoms with E-state index in [0.29, 0.717) is 6.42 Å². The van der Waals surface area contributed by atoms with Crippen molar-refractivity contribution in [2.75, 3.05) is 19.8 Å². The van der Waals surface area contributed by atoms with Crippen molar-refractivity contribution in [3.63, 3.8) is 0 Å². The normalized spacial score (nSPS) is 11.2. The zero-order chi connectivity index (χ0) is 18.5. The topological polar surface area (TPSA) is 60.7 Å². The maximum absolute atomic E-state index is 8.66. The Morgan fingerprint density at radius 1 is 0.458 bits per heavy atom. The Bertz CT molecular complexity index is 186. The molecule has 0 bridgehead atoms. The fourth-order valence-electron chi connectivity index (χ4n) is 2.58. The second-order valence-electron chi connectivity index (χ2n) is 7.22. The third kappa shape index (κ3) is 16.7. The van der Waals surface area contributed by atoms with Gasteiger partial charge in [0.05, 0.1) is 19.8 Å². The summed E-state index contributed by atoms with van der Waals surface area (Å²) in [7, 11) is 0. The van der Waals surface area contributed by atoms with E-state index in [-0.39, 0.29) is 19.8 Å². The van der Waals surface area contributed by atoms with Gasteiger partial charge in [0, 0.05) is 5.41 Å². The summed E-state index contributed by atoms with van der Waals surface area (Å²) >= 11 is 0. The summed E-state index contributed by atoms with van der Waals surface area (Å²) in [6.45, 7) is 5.93. The van der Waals surface area contributed by atoms with Crippen LogP contribution in [0.4, 0.5) is 0 Å². The van der Waals surface area contributed by atoms with Crippen molar-refractivity contribution in [1.29, 1.82) is 0 Å². The average Bonchev–Trinajstić information content (AvgIpc) is 2.63. The van der Waals surface area contributed by atoms with E-state index < -0.39 is 5.41 Å². The molecular weight excluding hydrogens is 300 g/mol. The van der Waals surface area contributed by atoms with Crippen molar-refractivity contribution in [2.24, 2.45) is 5.41 Å². The highest BCUT2D eigenvalue weighted by Gasteiger charge is 2.24. The molecule has 3 heteroatoms. The highest BCUT2D eigenvalue weighted by atomic mass is 16.3. The molecule has 0 aliphatic carbocycles. The summed E-state index contributed by atoms with van der Waals surface area (Å²) in [5.74, 6) is 0. The van der Waals surface area contributed by atoms with E-state index in [1.54, 1.807) is 0 Å². The lowest BCUT2D eigenvalue weighted by Crippen LogP contribution is -2.32. The van der Waals surface area contributed by atoms with Crippen LogP contribution in [0.1, 0.15) is 111 Å². The maximum atomic E-state index is 8.66. The molecular formula is C21H46O3. The molecule has 0 atom stereocenters. The third-order valence-corrected chi connectivity index (χ3v) is 4.96. The molecule has 0 aromatic carbocycles. The quantitative estimate of drug-likeness (QED) is 0.325. The van der Waals surface area contributed by atoms with Gasteiger partial charge in [0.2, 0.25) is 0 Å². The van der Waals surface area contributed by atoms with Crippen molar-refractivity contribution >= 4 is 0 Å². The maximum Gasteiger partial charge on any atom is 0.0531 e. The van der Waals surface area contributed by atoms with Crippen LogP contribution in [-0.4, -0.2) is 35.1 Å². The summed E-state index contributed by atoms with van der Waals surface area (Å²) in [6.07, 6.45) is 19.5. The van der Waals surface area contributed by atoms with Gasteiger partial charge < -0.3 is 15.3 Å². The molecule has 24 heavy (non-hydrogen) atoms. The Kier molecular flexibility index (Phi) is 22.8. The zero-order valence-electron chi connectivity index (χ0n) is 16.9. The summed E-state index contributed by atoms with van der Waals surface area (Å²) in [5, 5.41) is 26.0. The van der Waals surface area contributed by atoms with Gasteiger partial charge in [-0.2, -0.15) is 0 Å². The predicted molar refractivity (Wildman–Crippen MR) is 105 cm³/mol. The van der Waals surface area contributed by atoms with Crippen molar-refractivity contribution < 1.29 is 15.3 Å². The minimum atomic E-state index is -0.667. The Morgan fingerprint density at radius 3 is 0.833 bits per heavy atom. The van der Waals surface area contributed by atoms with Crippen LogP contribution in [0.25, 0.3) is 0 Å². The molecule has 0 saturated carbocycles. The zero-order valence-corrected chi connectivity index (χ0v) is 16.9. The number of hydrogen-bond acceptors (Lipinski definition) is 3. The van der Waals surface area contributed by atoms with Gasteiger partial charge in [-0.1, -0.05) is 104 Å². The molecule has 3 N–H and O–H groups in total. The first kappa shape index (κ1) is 26.1. The molecule has 0 aliphatic rings. The van der Waals surface area contributed by atoms with Crippen molar-refractivity contribution in [1.82, 2.24) is 0 Å². The number of rotatable bonds is 16. The highest BCUT2D eigenvalue weighted by Crippen LogP contribution is 2.18. The van der Waals surface area contributed by atoms with Crippen LogP contribution in [0.15, 0.2) is 0 Å². The minimum Gasteiger partial charge on any atom is -0.396 e. The molecule has 148 valence electrons. The molecule has 0 radical (unpaired) electrons. The Hall–Kier alpha value is -0.120. The molecule has 0 aromatic rings. The lowest BCUT2D eigenvalue weighted by atomic mass is 9.88. The summed E-state index contributed by atoms with van der Waals surface area (Å²) in [4.78, 5) is 0. The smallest absolute Gasteiger partial charge is 0.0531 e. The Morgan fingerprint density at radius 2 is 0.708 bits per heavy atom. The number of unbranched alkanes of at least 4 members (excludes halogenated alkanes) is 12. The molecule has 0 heterocycles. The SMILES string of the molecule is CCC(CO)(CO)CO.CCCCCCCCCCCCCCC. The van der Waals surface area contributed by atoms with Gasteiger partial charge in [0.25, 0.3) is 0 Å². The molecule has 3 nitrogen and oxygen atoms in total. The van der Waals surface area contributed by atoms with E-state index in [4.69, 9.17) is 15.3 Å². The van der Waals surface area contributed by atoms with Crippen LogP contribution >= 0.6 is 0 Å². The minimum absolute atomic E-state index is 0.156. The fourth-order valence-corrected chi connectivity index (χ4v) is 2.58. The van der Waals surface area contributed by atoms with Crippen LogP contribution in [0.2, 0.25) is 0 Å². The first-order valence-corrected chi connectivity index (χ1v) is 10.5. The second kappa shape index (κ2) is 20.9. The predicted octanol–water partition coefficient (Wildman–Crippen LogP) is 5.46. The fraction of sp³-hybridized carbons (Fsp3) is 1.00. The standard InChI is InChI=1S/C15H32.C6H14O3/c1-3-5-7-9-11-13-15-14-12-10-8-6-4-2;1-2-6(3-7,4-8)5-9/h3-15H2,1-2H3;7-9H,2-5H2,1H3. The van der Waals surface area contributed by atoms with Crippen LogP contribution in [0, 0.1) is 5.41 Å². The van der Waals surface area contributed by atoms with Gasteiger partial charge in [0.15, 0.2) is 0 Å². The molecule has 0 spiro atoms. The van der Waals surface area contributed by atoms with Crippen LogP contribution in [0.3, 0.4) is 0 Å². The van der Waals surface area contributed by atoms with E-state index in [1.807, 2.05) is 6.92 Å². The lowest BCUT2D eigenvalue weighted by Gasteiger charge is -2.24. The molecule has 0 fully saturated rings.